The summed E-state index contributed by atoms with van der Waals surface area (Å²) < 4.78 is 0. The van der Waals surface area contributed by atoms with E-state index < -0.39 is 12.3 Å². The fraction of sp³-hybridized carbons (Fsp3) is 0. The third-order valence-corrected chi connectivity index (χ3v) is 0. The summed E-state index contributed by atoms with van der Waals surface area (Å²) in [5, 5.41) is 33.3. The van der Waals surface area contributed by atoms with Crippen LogP contribution in [0, 0.1) is 41.7 Å². The van der Waals surface area contributed by atoms with Gasteiger partial charge in [0, 0.05) is 0 Å². The van der Waals surface area contributed by atoms with Crippen molar-refractivity contribution in [1.29, 1.82) is 0 Å². The molecule has 9 heavy (non-hydrogen) atoms. The molecule has 0 spiro atoms. The van der Waals surface area contributed by atoms with Gasteiger partial charge in [-0.25, -0.2) is 0 Å². The second-order valence-corrected chi connectivity index (χ2v) is 0.500. The van der Waals surface area contributed by atoms with Gasteiger partial charge in [0.1, 0.15) is 0 Å². The molecule has 0 fully saturated rings. The van der Waals surface area contributed by atoms with Gasteiger partial charge in [0.15, 0.2) is 0 Å². The summed E-state index contributed by atoms with van der Waals surface area (Å²) in [6.45, 7) is 0. The van der Waals surface area contributed by atoms with Crippen molar-refractivity contribution in [1.82, 2.24) is 0 Å². The summed E-state index contributed by atoms with van der Waals surface area (Å²) >= 11 is 0. The first-order chi connectivity index (χ1) is 3.46. The van der Waals surface area contributed by atoms with Crippen LogP contribution < -0.4 is 20.4 Å². The van der Waals surface area contributed by atoms with Crippen LogP contribution in [-0.2, 0) is 0 Å². The van der Waals surface area contributed by atoms with Gasteiger partial charge in [-0.3, -0.25) is 0 Å². The molecule has 0 aromatic rings. The Labute approximate surface area is 83.5 Å². The minimum atomic E-state index is -2.33. The maximum absolute atomic E-state index is 8.33. The molecule has 0 aromatic heterocycles. The number of hydrogen-bond acceptors (Lipinski definition) is 6. The van der Waals surface area contributed by atoms with Crippen molar-refractivity contribution >= 4 is 12.3 Å². The van der Waals surface area contributed by atoms with Gasteiger partial charge in [-0.15, -0.1) is 0 Å². The van der Waals surface area contributed by atoms with Crippen molar-refractivity contribution in [2.45, 2.75) is 0 Å². The average molecular weight is 260 g/mol. The monoisotopic (exact) mass is 260 g/mol. The zero-order valence-electron chi connectivity index (χ0n) is 3.95. The van der Waals surface area contributed by atoms with Gasteiger partial charge in [-0.2, -0.15) is 0 Å². The normalized spacial score (nSPS) is 5.33. The standard InChI is InChI=1S/2CH2O3.Ce/c2*2-1(3)4;/h2*(H2,2,3,4);/q;;+4/p-4. The Morgan fingerprint density at radius 1 is 0.778 bits per heavy atom. The molecule has 6 nitrogen and oxygen atoms in total. The van der Waals surface area contributed by atoms with Crippen molar-refractivity contribution in [3.05, 3.63) is 0 Å². The molecule has 0 N–H and O–H groups in total. The Bertz CT molecular complexity index is 69.1. The molecule has 0 aliphatic heterocycles. The van der Waals surface area contributed by atoms with Crippen molar-refractivity contribution in [2.24, 2.45) is 0 Å². The molecule has 0 radical (unpaired) electrons. The van der Waals surface area contributed by atoms with Crippen LogP contribution in [0.3, 0.4) is 0 Å². The molecule has 0 rings (SSSR count). The maximum Gasteiger partial charge on any atom is 4.00 e. The molecule has 0 atom stereocenters. The molecule has 48 valence electrons. The first-order valence-electron chi connectivity index (χ1n) is 1.22. The topological polar surface area (TPSA) is 126 Å². The van der Waals surface area contributed by atoms with Gasteiger partial charge in [0.2, 0.25) is 0 Å². The van der Waals surface area contributed by atoms with Gasteiger partial charge >= 0.3 is 41.7 Å². The predicted octanol–water partition coefficient (Wildman–Crippen LogP) is -4.89. The number of hydrogen-bond donors (Lipinski definition) is 0. The fourth-order valence-corrected chi connectivity index (χ4v) is 0. The third kappa shape index (κ3) is 39900. The predicted molar refractivity (Wildman–Crippen MR) is 10.8 cm³/mol. The smallest absolute Gasteiger partial charge is 0.652 e. The summed E-state index contributed by atoms with van der Waals surface area (Å²) in [4.78, 5) is 16.7. The SMILES string of the molecule is O=C([O-])[O-].O=C([O-])[O-].[Ce+4]. The molecule has 0 aliphatic carbocycles. The van der Waals surface area contributed by atoms with Gasteiger partial charge < -0.3 is 30.0 Å². The van der Waals surface area contributed by atoms with E-state index in [0.717, 1.165) is 0 Å². The largest absolute Gasteiger partial charge is 4.00 e. The number of carbonyl (C=O) groups excluding carboxylic acids is 2. The van der Waals surface area contributed by atoms with Crippen LogP contribution in [0.1, 0.15) is 0 Å². The first-order valence-corrected chi connectivity index (χ1v) is 1.22. The Hall–Kier alpha value is -0.0834. The van der Waals surface area contributed by atoms with E-state index in [4.69, 9.17) is 30.0 Å². The van der Waals surface area contributed by atoms with Crippen molar-refractivity contribution in [3.63, 3.8) is 0 Å². The Morgan fingerprint density at radius 2 is 0.778 bits per heavy atom. The van der Waals surface area contributed by atoms with Crippen molar-refractivity contribution < 1.29 is 71.8 Å². The summed E-state index contributed by atoms with van der Waals surface area (Å²) in [5.41, 5.74) is 0. The summed E-state index contributed by atoms with van der Waals surface area (Å²) in [7, 11) is 0. The summed E-state index contributed by atoms with van der Waals surface area (Å²) in [6.07, 6.45) is -4.67. The molecule has 0 amide bonds. The minimum Gasteiger partial charge on any atom is -0.652 e. The van der Waals surface area contributed by atoms with Gasteiger partial charge in [-0.05, 0) is 12.3 Å². The molecule has 0 aromatic carbocycles. The quantitative estimate of drug-likeness (QED) is 0.429. The van der Waals surface area contributed by atoms with E-state index in [0.29, 0.717) is 0 Å². The molecule has 0 unspecified atom stereocenters. The van der Waals surface area contributed by atoms with E-state index >= 15 is 0 Å². The maximum atomic E-state index is 8.33. The van der Waals surface area contributed by atoms with Crippen LogP contribution in [-0.4, -0.2) is 12.3 Å². The molecular weight excluding hydrogens is 260 g/mol. The number of rotatable bonds is 0. The first kappa shape index (κ1) is 16.0. The Morgan fingerprint density at radius 3 is 0.778 bits per heavy atom. The molecular formula is C2CeO6. The van der Waals surface area contributed by atoms with Gasteiger partial charge in [0.05, 0.1) is 0 Å². The number of carbonyl (C=O) groups is 2. The van der Waals surface area contributed by atoms with E-state index in [9.17, 15) is 0 Å². The van der Waals surface area contributed by atoms with E-state index in [1.54, 1.807) is 0 Å². The van der Waals surface area contributed by atoms with Crippen LogP contribution in [0.25, 0.3) is 0 Å². The van der Waals surface area contributed by atoms with Crippen LogP contribution in [0.2, 0.25) is 0 Å². The molecule has 7 heteroatoms. The van der Waals surface area contributed by atoms with Gasteiger partial charge in [0.25, 0.3) is 0 Å². The molecule has 0 bridgehead atoms. The second-order valence-electron chi connectivity index (χ2n) is 0.500. The minimum absolute atomic E-state index is 0. The number of carboxylic acid groups (broad SMARTS) is 4. The summed E-state index contributed by atoms with van der Waals surface area (Å²) in [6, 6.07) is 0. The zero-order valence-corrected chi connectivity index (χ0v) is 7.09. The molecule has 0 aliphatic rings. The molecule has 0 saturated heterocycles. The summed E-state index contributed by atoms with van der Waals surface area (Å²) in [5.74, 6) is 0. The van der Waals surface area contributed by atoms with Crippen molar-refractivity contribution in [2.75, 3.05) is 0 Å². The van der Waals surface area contributed by atoms with Crippen LogP contribution in [0.4, 0.5) is 9.59 Å². The van der Waals surface area contributed by atoms with E-state index in [2.05, 4.69) is 0 Å². The van der Waals surface area contributed by atoms with Gasteiger partial charge in [-0.1, -0.05) is 0 Å². The zero-order chi connectivity index (χ0) is 7.15. The van der Waals surface area contributed by atoms with Crippen LogP contribution in [0.5, 0.6) is 0 Å². The van der Waals surface area contributed by atoms with Crippen LogP contribution in [0.15, 0.2) is 0 Å². The van der Waals surface area contributed by atoms with Crippen LogP contribution >= 0.6 is 0 Å². The fourth-order valence-electron chi connectivity index (χ4n) is 0. The van der Waals surface area contributed by atoms with E-state index in [1.807, 2.05) is 0 Å². The molecule has 0 heterocycles. The second kappa shape index (κ2) is 10.8. The van der Waals surface area contributed by atoms with Crippen molar-refractivity contribution in [3.8, 4) is 0 Å². The third-order valence-electron chi connectivity index (χ3n) is 0. The Kier molecular flexibility index (Phi) is 19.2. The molecule has 0 saturated carbocycles. The van der Waals surface area contributed by atoms with E-state index in [-0.39, 0.29) is 41.7 Å². The average Bonchev–Trinajstić information content (AvgIpc) is 1.25. The Balaban J connectivity index is -0.0000000720. The van der Waals surface area contributed by atoms with E-state index in [1.165, 1.54) is 0 Å².